The first-order chi connectivity index (χ1) is 49.8. The maximum absolute atomic E-state index is 12.5. The van der Waals surface area contributed by atoms with Crippen molar-refractivity contribution in [1.29, 1.82) is 15.9 Å². The summed E-state index contributed by atoms with van der Waals surface area (Å²) >= 11 is 6.18. The zero-order valence-corrected chi connectivity index (χ0v) is 56.8. The van der Waals surface area contributed by atoms with E-state index in [4.69, 9.17) is 55.5 Å². The standard InChI is InChI=1S/C15H14F3N7O.C15H11F3N6.C13H11N.C10H8BrF3N2.C10H10F3N3.C5H2BrN3/c16-15(17,18)9-1-3-10(4-2-9)21-6-11(5-19)24-13-8-22-12(7-23-13)14(20)25-26;16-15(17,18)10-1-3-11(4-2-10)21-8-13(6-20)24-14-9-22-12(5-19)7-23-14;14-13(11-7-3-1-4-8-11)12-9-5-2-6-10-12;11-8(5-15)6-16-9-3-1-7(2-4-9)10(12,13)14;11-10(12,13)7-1-3-9(4-2-7)16-6-8(15)5-14;6-5-3-8-4(1-7)2-9-5/h1-8,26H,19H2,(H2,20,25)(H,23,24);1-4,6-9H,20H2,(H,23,24);1-10,14H;1-6H,15H2;1-6H,14-15H2;2-3H. The Hall–Kier alpha value is -13.2. The lowest BCUT2D eigenvalue weighted by atomic mass is 10.0. The Morgan fingerprint density at radius 1 is 0.438 bits per heavy atom. The minimum absolute atomic E-state index is 0.164. The van der Waals surface area contributed by atoms with Gasteiger partial charge in [0.15, 0.2) is 17.2 Å². The van der Waals surface area contributed by atoms with Crippen molar-refractivity contribution in [2.75, 3.05) is 10.6 Å². The van der Waals surface area contributed by atoms with Crippen molar-refractivity contribution in [1.82, 2.24) is 29.9 Å². The van der Waals surface area contributed by atoms with E-state index >= 15 is 0 Å². The largest absolute Gasteiger partial charge is 0.416 e. The number of nitrogens with one attached hydrogen (secondary N) is 3. The number of amidine groups is 1. The minimum atomic E-state index is -4.40. The molecular weight excluding hydrogens is 1530 g/mol. The van der Waals surface area contributed by atoms with Crippen LogP contribution in [0.2, 0.25) is 0 Å². The van der Waals surface area contributed by atoms with E-state index in [1.54, 1.807) is 0 Å². The summed E-state index contributed by atoms with van der Waals surface area (Å²) in [5.41, 5.74) is 34.5. The number of rotatable bonds is 15. The average molecular weight is 1590 g/mol. The van der Waals surface area contributed by atoms with Gasteiger partial charge in [-0.3, -0.25) is 25.4 Å². The number of hydrogen-bond donors (Lipinski definition) is 10. The molecule has 23 nitrogen and oxygen atoms in total. The summed E-state index contributed by atoms with van der Waals surface area (Å²) in [5.74, 6) is 0.446. The quantitative estimate of drug-likeness (QED) is 0.0150. The molecule has 0 aliphatic heterocycles. The summed E-state index contributed by atoms with van der Waals surface area (Å²) in [4.78, 5) is 39.0. The van der Waals surface area contributed by atoms with Gasteiger partial charge in [-0.1, -0.05) is 65.8 Å². The van der Waals surface area contributed by atoms with Gasteiger partial charge in [0, 0.05) is 31.0 Å². The molecule has 0 saturated heterocycles. The third kappa shape index (κ3) is 31.5. The van der Waals surface area contributed by atoms with Gasteiger partial charge in [0.05, 0.1) is 128 Å². The van der Waals surface area contributed by atoms with Crippen molar-refractivity contribution in [2.24, 2.45) is 59.5 Å². The number of halogens is 14. The van der Waals surface area contributed by atoms with Crippen molar-refractivity contribution in [2.45, 2.75) is 24.7 Å². The van der Waals surface area contributed by atoms with Crippen LogP contribution in [0.4, 0.5) is 87.1 Å². The molecule has 0 unspecified atom stereocenters. The fraction of sp³-hybridized carbons (Fsp3) is 0.0588. The van der Waals surface area contributed by atoms with Crippen LogP contribution in [0.1, 0.15) is 50.5 Å². The van der Waals surface area contributed by atoms with Gasteiger partial charge in [-0.15, -0.1) is 0 Å². The molecular formula is C68H56Br2F12N22O. The number of aliphatic imine (C=N–C) groups is 4. The first-order valence-corrected chi connectivity index (χ1v) is 30.5. The SMILES string of the molecule is N#Cc1cnc(Br)cn1.N#Cc1cnc(NC(C=Nc2ccc(C(F)(F)F)cc2)=CN)cn1.N=C(c1ccccc1)c1ccccc1.NC=C(Br)C=Nc1ccc(C(F)(F)F)cc1.NC=C(C=Nc1ccc(C(F)(F)F)cc1)Nc1cnc(/C(N)=N/O)cn1.NC=C(N)C=Nc1ccc(C(F)(F)F)cc1. The summed E-state index contributed by atoms with van der Waals surface area (Å²) in [7, 11) is 0. The monoisotopic (exact) mass is 1580 g/mol. The molecule has 9 rings (SSSR count). The molecule has 0 bridgehead atoms. The van der Waals surface area contributed by atoms with Gasteiger partial charge in [-0.05, 0) is 140 Å². The highest BCUT2D eigenvalue weighted by Crippen LogP contribution is 2.34. The molecule has 16 N–H and O–H groups in total. The molecule has 0 aliphatic carbocycles. The zero-order chi connectivity index (χ0) is 77.6. The maximum Gasteiger partial charge on any atom is 0.416 e. The number of nitrogens with zero attached hydrogens (tertiary/aromatic N) is 13. The first-order valence-electron chi connectivity index (χ1n) is 28.9. The molecule has 0 spiro atoms. The highest BCUT2D eigenvalue weighted by atomic mass is 79.9. The van der Waals surface area contributed by atoms with E-state index in [0.29, 0.717) is 66.3 Å². The second-order valence-electron chi connectivity index (χ2n) is 19.5. The maximum atomic E-state index is 12.5. The lowest BCUT2D eigenvalue weighted by Gasteiger charge is -2.07. The molecule has 0 atom stereocenters. The number of oxime groups is 1. The van der Waals surface area contributed by atoms with Crippen molar-refractivity contribution < 1.29 is 57.9 Å². The van der Waals surface area contributed by atoms with Gasteiger partial charge in [0.2, 0.25) is 0 Å². The Labute approximate surface area is 606 Å². The Balaban J connectivity index is 0.000000274. The van der Waals surface area contributed by atoms with E-state index in [1.165, 1.54) is 129 Å². The summed E-state index contributed by atoms with van der Waals surface area (Å²) in [6, 6.07) is 40.9. The predicted octanol–water partition coefficient (Wildman–Crippen LogP) is 15.2. The fourth-order valence-corrected chi connectivity index (χ4v) is 7.21. The van der Waals surface area contributed by atoms with E-state index in [0.717, 1.165) is 65.9 Å². The number of nitriles is 2. The van der Waals surface area contributed by atoms with E-state index in [-0.39, 0.29) is 22.9 Å². The lowest BCUT2D eigenvalue weighted by Crippen LogP contribution is -2.15. The molecule has 0 amide bonds. The smallest absolute Gasteiger partial charge is 0.409 e. The minimum Gasteiger partial charge on any atom is -0.409 e. The van der Waals surface area contributed by atoms with Gasteiger partial charge >= 0.3 is 24.7 Å². The molecule has 3 aromatic heterocycles. The van der Waals surface area contributed by atoms with Crippen LogP contribution >= 0.6 is 31.9 Å². The Kier molecular flexibility index (Phi) is 33.8. The first kappa shape index (κ1) is 84.3. The Bertz CT molecular complexity index is 4440. The summed E-state index contributed by atoms with van der Waals surface area (Å²) in [5, 5.41) is 41.8. The van der Waals surface area contributed by atoms with Crippen LogP contribution in [0.3, 0.4) is 0 Å². The van der Waals surface area contributed by atoms with Gasteiger partial charge in [-0.2, -0.15) is 63.2 Å². The summed E-state index contributed by atoms with van der Waals surface area (Å²) < 4.78 is 149. The second kappa shape index (κ2) is 42.2. The van der Waals surface area contributed by atoms with Crippen LogP contribution in [-0.2, 0) is 24.7 Å². The molecule has 3 heterocycles. The molecule has 6 aromatic carbocycles. The van der Waals surface area contributed by atoms with E-state index < -0.39 is 47.0 Å². The molecule has 0 saturated carbocycles. The number of anilines is 2. The van der Waals surface area contributed by atoms with Crippen molar-refractivity contribution in [3.8, 4) is 12.1 Å². The molecule has 37 heteroatoms. The van der Waals surface area contributed by atoms with Crippen molar-refractivity contribution in [3.05, 3.63) is 296 Å². The highest BCUT2D eigenvalue weighted by molar-refractivity contribution is 9.12. The second-order valence-corrected chi connectivity index (χ2v) is 21.3. The van der Waals surface area contributed by atoms with E-state index in [2.05, 4.69) is 97.5 Å². The number of benzene rings is 6. The molecule has 0 radical (unpaired) electrons. The molecule has 9 aromatic rings. The van der Waals surface area contributed by atoms with Crippen LogP contribution < -0.4 is 45.0 Å². The fourth-order valence-electron chi connectivity index (χ4n) is 6.91. The van der Waals surface area contributed by atoms with Crippen LogP contribution in [0.5, 0.6) is 0 Å². The van der Waals surface area contributed by atoms with Gasteiger partial charge in [-0.25, -0.2) is 29.9 Å². The molecule has 542 valence electrons. The van der Waals surface area contributed by atoms with Crippen LogP contribution in [0.15, 0.2) is 271 Å². The number of allylic oxidation sites excluding steroid dienone is 4. The van der Waals surface area contributed by atoms with E-state index in [9.17, 15) is 52.7 Å². The lowest BCUT2D eigenvalue weighted by molar-refractivity contribution is -0.138. The predicted molar refractivity (Wildman–Crippen MR) is 382 cm³/mol. The van der Waals surface area contributed by atoms with Gasteiger partial charge in [0.25, 0.3) is 0 Å². The highest BCUT2D eigenvalue weighted by Gasteiger charge is 2.32. The average Bonchev–Trinajstić information content (AvgIpc) is 0.889. The third-order valence-electron chi connectivity index (χ3n) is 12.1. The zero-order valence-electron chi connectivity index (χ0n) is 53.6. The number of aromatic nitrogens is 6. The third-order valence-corrected chi connectivity index (χ3v) is 13.0. The molecule has 0 fully saturated rings. The number of hydrogen-bond acceptors (Lipinski definition) is 22. The topological polar surface area (TPSA) is 411 Å². The van der Waals surface area contributed by atoms with Gasteiger partial charge < -0.3 is 50.2 Å². The van der Waals surface area contributed by atoms with E-state index in [1.807, 2.05) is 72.8 Å². The Morgan fingerprint density at radius 3 is 1.07 bits per heavy atom. The molecule has 0 aliphatic rings. The van der Waals surface area contributed by atoms with Crippen LogP contribution in [-0.4, -0.2) is 71.5 Å². The summed E-state index contributed by atoms with van der Waals surface area (Å²) in [6.45, 7) is 0. The normalized spacial score (nSPS) is 12.1. The van der Waals surface area contributed by atoms with Gasteiger partial charge in [0.1, 0.15) is 34.1 Å². The number of alkyl halides is 12. The van der Waals surface area contributed by atoms with Crippen LogP contribution in [0, 0.1) is 28.1 Å². The molecule has 105 heavy (non-hydrogen) atoms. The Morgan fingerprint density at radius 2 is 0.781 bits per heavy atom. The van der Waals surface area contributed by atoms with Crippen molar-refractivity contribution >= 4 is 103 Å². The van der Waals surface area contributed by atoms with Crippen molar-refractivity contribution in [3.63, 3.8) is 0 Å². The summed E-state index contributed by atoms with van der Waals surface area (Å²) in [6.07, 6.45) is 0.845. The number of nitrogens with two attached hydrogens (primary N) is 6. The van der Waals surface area contributed by atoms with Crippen LogP contribution in [0.25, 0.3) is 0 Å².